The lowest BCUT2D eigenvalue weighted by Crippen LogP contribution is -2.53. The lowest BCUT2D eigenvalue weighted by molar-refractivity contribution is -0.127. The predicted molar refractivity (Wildman–Crippen MR) is 74.3 cm³/mol. The summed E-state index contributed by atoms with van der Waals surface area (Å²) in [6.45, 7) is 2.30. The molecule has 2 nitrogen and oxygen atoms in total. The van der Waals surface area contributed by atoms with Gasteiger partial charge in [-0.25, -0.2) is 0 Å². The molecule has 2 atom stereocenters. The van der Waals surface area contributed by atoms with Gasteiger partial charge in [0.05, 0.1) is 0 Å². The quantitative estimate of drug-likeness (QED) is 0.792. The van der Waals surface area contributed by atoms with Crippen LogP contribution in [0.1, 0.15) is 58.3 Å². The van der Waals surface area contributed by atoms with E-state index < -0.39 is 0 Å². The summed E-state index contributed by atoms with van der Waals surface area (Å²) in [5.74, 6) is 1.35. The Labute approximate surface area is 113 Å². The van der Waals surface area contributed by atoms with Crippen molar-refractivity contribution in [2.75, 3.05) is 5.33 Å². The van der Waals surface area contributed by atoms with E-state index in [9.17, 15) is 4.79 Å². The van der Waals surface area contributed by atoms with Gasteiger partial charge in [0.1, 0.15) is 0 Å². The third kappa shape index (κ3) is 3.24. The molecule has 2 rings (SSSR count). The molecule has 2 aliphatic carbocycles. The van der Waals surface area contributed by atoms with Crippen LogP contribution in [0.2, 0.25) is 0 Å². The molecular formula is C14H24BrNO. The summed E-state index contributed by atoms with van der Waals surface area (Å²) in [5, 5.41) is 4.27. The molecule has 0 heterocycles. The Morgan fingerprint density at radius 1 is 1.29 bits per heavy atom. The fraction of sp³-hybridized carbons (Fsp3) is 0.929. The molecule has 2 fully saturated rings. The number of nitrogens with one attached hydrogen (secondary N) is 1. The van der Waals surface area contributed by atoms with Crippen molar-refractivity contribution in [3.05, 3.63) is 0 Å². The highest BCUT2D eigenvalue weighted by atomic mass is 79.9. The van der Waals surface area contributed by atoms with Crippen LogP contribution in [0.15, 0.2) is 0 Å². The maximum absolute atomic E-state index is 12.3. The molecule has 0 aromatic heterocycles. The molecule has 0 bridgehead atoms. The fourth-order valence-corrected chi connectivity index (χ4v) is 4.13. The molecule has 0 aromatic carbocycles. The van der Waals surface area contributed by atoms with Gasteiger partial charge in [0.15, 0.2) is 0 Å². The first kappa shape index (κ1) is 13.4. The van der Waals surface area contributed by atoms with Crippen molar-refractivity contribution in [2.24, 2.45) is 11.8 Å². The van der Waals surface area contributed by atoms with Gasteiger partial charge < -0.3 is 5.32 Å². The van der Waals surface area contributed by atoms with Crippen LogP contribution in [0.4, 0.5) is 0 Å². The largest absolute Gasteiger partial charge is 0.350 e. The van der Waals surface area contributed by atoms with E-state index in [1.807, 2.05) is 0 Å². The third-order valence-electron chi connectivity index (χ3n) is 4.46. The maximum atomic E-state index is 12.3. The van der Waals surface area contributed by atoms with Crippen LogP contribution < -0.4 is 5.32 Å². The lowest BCUT2D eigenvalue weighted by atomic mass is 9.77. The summed E-state index contributed by atoms with van der Waals surface area (Å²) in [4.78, 5) is 12.3. The zero-order chi connectivity index (χ0) is 12.3. The number of carbonyl (C=O) groups excluding carboxylic acids is 1. The number of amides is 1. The first-order chi connectivity index (χ1) is 8.15. The molecule has 2 aliphatic rings. The van der Waals surface area contributed by atoms with E-state index in [2.05, 4.69) is 28.2 Å². The fourth-order valence-electron chi connectivity index (χ4n) is 3.48. The third-order valence-corrected chi connectivity index (χ3v) is 5.53. The Morgan fingerprint density at radius 2 is 2.00 bits per heavy atom. The van der Waals surface area contributed by atoms with Crippen LogP contribution in [0.5, 0.6) is 0 Å². The van der Waals surface area contributed by atoms with Gasteiger partial charge in [0.2, 0.25) is 5.91 Å². The SMILES string of the molecule is CC1CCCC(CBr)(NC(=O)C2CCCC2)C1. The Morgan fingerprint density at radius 3 is 2.59 bits per heavy atom. The minimum Gasteiger partial charge on any atom is -0.350 e. The number of hydrogen-bond acceptors (Lipinski definition) is 1. The molecule has 0 radical (unpaired) electrons. The summed E-state index contributed by atoms with van der Waals surface area (Å²) in [6, 6.07) is 0. The molecule has 17 heavy (non-hydrogen) atoms. The van der Waals surface area contributed by atoms with Crippen molar-refractivity contribution in [3.63, 3.8) is 0 Å². The highest BCUT2D eigenvalue weighted by molar-refractivity contribution is 9.09. The molecule has 2 unspecified atom stereocenters. The molecule has 0 aliphatic heterocycles. The Kier molecular flexibility index (Phi) is 4.51. The molecule has 1 N–H and O–H groups in total. The Bertz CT molecular complexity index is 275. The van der Waals surface area contributed by atoms with Crippen LogP contribution >= 0.6 is 15.9 Å². The zero-order valence-corrected chi connectivity index (χ0v) is 12.4. The first-order valence-electron chi connectivity index (χ1n) is 7.03. The molecule has 0 aromatic rings. The van der Waals surface area contributed by atoms with E-state index >= 15 is 0 Å². The minimum absolute atomic E-state index is 0.0390. The van der Waals surface area contributed by atoms with Crippen molar-refractivity contribution >= 4 is 21.8 Å². The van der Waals surface area contributed by atoms with Crippen molar-refractivity contribution in [2.45, 2.75) is 63.8 Å². The second-order valence-electron chi connectivity index (χ2n) is 6.09. The Hall–Kier alpha value is -0.0500. The van der Waals surface area contributed by atoms with E-state index in [0.717, 1.165) is 36.9 Å². The molecule has 2 saturated carbocycles. The summed E-state index contributed by atoms with van der Waals surface area (Å²) in [7, 11) is 0. The highest BCUT2D eigenvalue weighted by Gasteiger charge is 2.37. The van der Waals surface area contributed by atoms with Gasteiger partial charge in [-0.3, -0.25) is 4.79 Å². The maximum Gasteiger partial charge on any atom is 0.223 e. The van der Waals surface area contributed by atoms with Crippen molar-refractivity contribution in [1.82, 2.24) is 5.32 Å². The summed E-state index contributed by atoms with van der Waals surface area (Å²) >= 11 is 3.62. The van der Waals surface area contributed by atoms with Crippen LogP contribution in [-0.4, -0.2) is 16.8 Å². The van der Waals surface area contributed by atoms with Gasteiger partial charge >= 0.3 is 0 Å². The number of alkyl halides is 1. The molecular weight excluding hydrogens is 278 g/mol. The van der Waals surface area contributed by atoms with Gasteiger partial charge in [0.25, 0.3) is 0 Å². The van der Waals surface area contributed by atoms with Gasteiger partial charge in [-0.1, -0.05) is 48.5 Å². The standard InChI is InChI=1S/C14H24BrNO/c1-11-5-4-8-14(9-11,10-15)16-13(17)12-6-2-3-7-12/h11-12H,2-10H2,1H3,(H,16,17). The summed E-state index contributed by atoms with van der Waals surface area (Å²) < 4.78 is 0. The van der Waals surface area contributed by atoms with Crippen LogP contribution in [-0.2, 0) is 4.79 Å². The van der Waals surface area contributed by atoms with E-state index in [0.29, 0.717) is 11.8 Å². The van der Waals surface area contributed by atoms with Gasteiger partial charge in [-0.05, 0) is 31.6 Å². The van der Waals surface area contributed by atoms with Gasteiger partial charge in [0, 0.05) is 16.8 Å². The van der Waals surface area contributed by atoms with Crippen molar-refractivity contribution < 1.29 is 4.79 Å². The topological polar surface area (TPSA) is 29.1 Å². The number of hydrogen-bond donors (Lipinski definition) is 1. The van der Waals surface area contributed by atoms with Gasteiger partial charge in [-0.2, -0.15) is 0 Å². The van der Waals surface area contributed by atoms with Crippen LogP contribution in [0.25, 0.3) is 0 Å². The first-order valence-corrected chi connectivity index (χ1v) is 8.15. The second kappa shape index (κ2) is 5.73. The number of halogens is 1. The molecule has 0 saturated heterocycles. The molecule has 0 spiro atoms. The lowest BCUT2D eigenvalue weighted by Gasteiger charge is -2.40. The Balaban J connectivity index is 1.95. The zero-order valence-electron chi connectivity index (χ0n) is 10.8. The highest BCUT2D eigenvalue weighted by Crippen LogP contribution is 2.34. The smallest absolute Gasteiger partial charge is 0.223 e. The van der Waals surface area contributed by atoms with E-state index in [1.165, 1.54) is 25.7 Å². The van der Waals surface area contributed by atoms with Crippen LogP contribution in [0.3, 0.4) is 0 Å². The van der Waals surface area contributed by atoms with Crippen molar-refractivity contribution in [3.8, 4) is 0 Å². The molecule has 98 valence electrons. The number of rotatable bonds is 3. The van der Waals surface area contributed by atoms with E-state index in [-0.39, 0.29) is 5.54 Å². The molecule has 3 heteroatoms. The predicted octanol–water partition coefficient (Wildman–Crippen LogP) is 3.64. The monoisotopic (exact) mass is 301 g/mol. The van der Waals surface area contributed by atoms with E-state index in [1.54, 1.807) is 0 Å². The minimum atomic E-state index is 0.0390. The average Bonchev–Trinajstić information content (AvgIpc) is 2.82. The van der Waals surface area contributed by atoms with Gasteiger partial charge in [-0.15, -0.1) is 0 Å². The average molecular weight is 302 g/mol. The summed E-state index contributed by atoms with van der Waals surface area (Å²) in [6.07, 6.45) is 9.49. The van der Waals surface area contributed by atoms with Crippen LogP contribution in [0, 0.1) is 11.8 Å². The second-order valence-corrected chi connectivity index (χ2v) is 6.65. The van der Waals surface area contributed by atoms with Crippen molar-refractivity contribution in [1.29, 1.82) is 0 Å². The molecule has 1 amide bonds. The normalized spacial score (nSPS) is 34.8. The van der Waals surface area contributed by atoms with E-state index in [4.69, 9.17) is 0 Å². The number of carbonyl (C=O) groups is 1. The summed E-state index contributed by atoms with van der Waals surface area (Å²) in [5.41, 5.74) is 0.0390.